The molecule has 0 heterocycles. The Morgan fingerprint density at radius 2 is 2.00 bits per heavy atom. The number of carbonyl (C=O) groups excluding carboxylic acids is 1. The molecular weight excluding hydrogens is 148 g/mol. The number of rotatable bonds is 0. The van der Waals surface area contributed by atoms with E-state index >= 15 is 0 Å². The van der Waals surface area contributed by atoms with Crippen LogP contribution in [0.2, 0.25) is 0 Å². The van der Waals surface area contributed by atoms with E-state index in [2.05, 4.69) is 19.1 Å². The minimum absolute atomic E-state index is 0.352. The van der Waals surface area contributed by atoms with E-state index in [-0.39, 0.29) is 0 Å². The van der Waals surface area contributed by atoms with Gasteiger partial charge in [-0.1, -0.05) is 19.1 Å². The number of allylic oxidation sites excluding steroid dienone is 2. The van der Waals surface area contributed by atoms with Crippen molar-refractivity contribution in [2.75, 3.05) is 0 Å². The summed E-state index contributed by atoms with van der Waals surface area (Å²) in [7, 11) is 0. The molecule has 3 aliphatic rings. The van der Waals surface area contributed by atoms with Crippen LogP contribution in [0.4, 0.5) is 0 Å². The Morgan fingerprint density at radius 3 is 2.75 bits per heavy atom. The molecule has 12 heavy (non-hydrogen) atoms. The zero-order chi connectivity index (χ0) is 8.29. The van der Waals surface area contributed by atoms with Gasteiger partial charge in [-0.2, -0.15) is 0 Å². The van der Waals surface area contributed by atoms with Gasteiger partial charge in [-0.25, -0.2) is 0 Å². The summed E-state index contributed by atoms with van der Waals surface area (Å²) in [4.78, 5) is 11.7. The lowest BCUT2D eigenvalue weighted by Crippen LogP contribution is -2.20. The van der Waals surface area contributed by atoms with Gasteiger partial charge in [0.05, 0.1) is 0 Å². The number of carbonyl (C=O) groups is 1. The van der Waals surface area contributed by atoms with Gasteiger partial charge in [0.25, 0.3) is 0 Å². The quantitative estimate of drug-likeness (QED) is 0.498. The van der Waals surface area contributed by atoms with Crippen LogP contribution in [0.15, 0.2) is 12.2 Å². The molecule has 0 saturated heterocycles. The summed E-state index contributed by atoms with van der Waals surface area (Å²) in [6.07, 6.45) is 7.06. The maximum Gasteiger partial charge on any atom is 0.139 e. The summed E-state index contributed by atoms with van der Waals surface area (Å²) in [5.41, 5.74) is 0. The first-order valence-electron chi connectivity index (χ1n) is 4.99. The standard InChI is InChI=1S/C11H14O/c1-6-4-9-7-2-3-8(5-7)10(9)11(6)12/h2-3,6-10H,4-5H2,1H3/t6-,7+,8-,9+,10+/m1/s1. The van der Waals surface area contributed by atoms with E-state index in [0.717, 1.165) is 18.3 Å². The molecule has 0 amide bonds. The van der Waals surface area contributed by atoms with Crippen molar-refractivity contribution in [3.8, 4) is 0 Å². The highest BCUT2D eigenvalue weighted by atomic mass is 16.1. The van der Waals surface area contributed by atoms with E-state index in [1.807, 2.05) is 0 Å². The van der Waals surface area contributed by atoms with Crippen LogP contribution in [0.3, 0.4) is 0 Å². The topological polar surface area (TPSA) is 17.1 Å². The Balaban J connectivity index is 2.00. The fraction of sp³-hybridized carbons (Fsp3) is 0.727. The van der Waals surface area contributed by atoms with Crippen molar-refractivity contribution in [2.45, 2.75) is 19.8 Å². The molecule has 3 aliphatic carbocycles. The van der Waals surface area contributed by atoms with Gasteiger partial charge >= 0.3 is 0 Å². The number of hydrogen-bond acceptors (Lipinski definition) is 1. The maximum absolute atomic E-state index is 11.7. The summed E-state index contributed by atoms with van der Waals surface area (Å²) in [6.45, 7) is 2.10. The molecule has 3 rings (SSSR count). The smallest absolute Gasteiger partial charge is 0.139 e. The largest absolute Gasteiger partial charge is 0.299 e. The minimum atomic E-state index is 0.352. The fourth-order valence-corrected chi connectivity index (χ4v) is 3.52. The van der Waals surface area contributed by atoms with Crippen LogP contribution >= 0.6 is 0 Å². The lowest BCUT2D eigenvalue weighted by atomic mass is 9.86. The van der Waals surface area contributed by atoms with Gasteiger partial charge in [0, 0.05) is 11.8 Å². The zero-order valence-electron chi connectivity index (χ0n) is 7.36. The van der Waals surface area contributed by atoms with Gasteiger partial charge in [0.15, 0.2) is 0 Å². The Kier molecular flexibility index (Phi) is 1.15. The molecule has 0 radical (unpaired) electrons. The van der Waals surface area contributed by atoms with Gasteiger partial charge in [-0.05, 0) is 30.6 Å². The predicted octanol–water partition coefficient (Wildman–Crippen LogP) is 2.03. The van der Waals surface area contributed by atoms with Crippen molar-refractivity contribution in [1.29, 1.82) is 0 Å². The SMILES string of the molecule is C[C@@H]1C[C@@H]2[C@@H](C1=O)[C@@H]1C=C[C@H]2C1. The Bertz CT molecular complexity index is 266. The third-order valence-electron chi connectivity index (χ3n) is 4.06. The van der Waals surface area contributed by atoms with Crippen LogP contribution in [-0.4, -0.2) is 5.78 Å². The maximum atomic E-state index is 11.7. The van der Waals surface area contributed by atoms with Crippen LogP contribution in [0.5, 0.6) is 0 Å². The van der Waals surface area contributed by atoms with Gasteiger partial charge in [0.1, 0.15) is 5.78 Å². The van der Waals surface area contributed by atoms with Crippen LogP contribution in [-0.2, 0) is 4.79 Å². The van der Waals surface area contributed by atoms with Crippen LogP contribution in [0.1, 0.15) is 19.8 Å². The third kappa shape index (κ3) is 0.634. The highest BCUT2D eigenvalue weighted by Gasteiger charge is 2.53. The number of hydrogen-bond donors (Lipinski definition) is 0. The van der Waals surface area contributed by atoms with Crippen LogP contribution in [0, 0.1) is 29.6 Å². The number of ketones is 1. The molecule has 2 bridgehead atoms. The molecule has 2 fully saturated rings. The van der Waals surface area contributed by atoms with Crippen molar-refractivity contribution < 1.29 is 4.79 Å². The highest BCUT2D eigenvalue weighted by molar-refractivity contribution is 5.87. The third-order valence-corrected chi connectivity index (χ3v) is 4.06. The molecule has 0 N–H and O–H groups in total. The van der Waals surface area contributed by atoms with Crippen molar-refractivity contribution >= 4 is 5.78 Å². The predicted molar refractivity (Wildman–Crippen MR) is 46.5 cm³/mol. The van der Waals surface area contributed by atoms with E-state index in [0.29, 0.717) is 23.5 Å². The first kappa shape index (κ1) is 6.88. The monoisotopic (exact) mass is 162 g/mol. The second-order valence-corrected chi connectivity index (χ2v) is 4.68. The van der Waals surface area contributed by atoms with Crippen molar-refractivity contribution in [3.05, 3.63) is 12.2 Å². The summed E-state index contributed by atoms with van der Waals surface area (Å²) in [6, 6.07) is 0. The van der Waals surface area contributed by atoms with Crippen molar-refractivity contribution in [2.24, 2.45) is 29.6 Å². The van der Waals surface area contributed by atoms with Gasteiger partial charge in [-0.15, -0.1) is 0 Å². The van der Waals surface area contributed by atoms with E-state index < -0.39 is 0 Å². The molecule has 0 unspecified atom stereocenters. The van der Waals surface area contributed by atoms with Gasteiger partial charge in [-0.3, -0.25) is 4.79 Å². The van der Waals surface area contributed by atoms with E-state index in [1.54, 1.807) is 0 Å². The second kappa shape index (κ2) is 2.01. The summed E-state index contributed by atoms with van der Waals surface area (Å²) in [5.74, 6) is 3.44. The minimum Gasteiger partial charge on any atom is -0.299 e. The first-order chi connectivity index (χ1) is 5.77. The Hall–Kier alpha value is -0.590. The number of Topliss-reactive ketones (excluding diaryl/α,β-unsaturated/α-hetero) is 1. The number of fused-ring (bicyclic) bond motifs is 5. The zero-order valence-corrected chi connectivity index (χ0v) is 7.36. The average Bonchev–Trinajstić information content (AvgIpc) is 2.66. The summed E-state index contributed by atoms with van der Waals surface area (Å²) >= 11 is 0. The molecule has 0 aromatic heterocycles. The molecule has 0 aromatic carbocycles. The molecule has 1 nitrogen and oxygen atoms in total. The average molecular weight is 162 g/mol. The highest BCUT2D eigenvalue weighted by Crippen LogP contribution is 2.55. The van der Waals surface area contributed by atoms with Gasteiger partial charge in [0.2, 0.25) is 0 Å². The Labute approximate surface area is 72.8 Å². The molecule has 0 spiro atoms. The fourth-order valence-electron chi connectivity index (χ4n) is 3.52. The van der Waals surface area contributed by atoms with Crippen molar-refractivity contribution in [3.63, 3.8) is 0 Å². The molecule has 0 aliphatic heterocycles. The van der Waals surface area contributed by atoms with Crippen LogP contribution in [0.25, 0.3) is 0 Å². The molecule has 0 aromatic rings. The van der Waals surface area contributed by atoms with E-state index in [4.69, 9.17) is 0 Å². The second-order valence-electron chi connectivity index (χ2n) is 4.68. The molecule has 64 valence electrons. The van der Waals surface area contributed by atoms with Crippen LogP contribution < -0.4 is 0 Å². The molecular formula is C11H14O. The summed E-state index contributed by atoms with van der Waals surface area (Å²) in [5, 5.41) is 0. The van der Waals surface area contributed by atoms with Gasteiger partial charge < -0.3 is 0 Å². The van der Waals surface area contributed by atoms with Crippen molar-refractivity contribution in [1.82, 2.24) is 0 Å². The normalized spacial score (nSPS) is 55.1. The van der Waals surface area contributed by atoms with E-state index in [1.165, 1.54) is 6.42 Å². The first-order valence-corrected chi connectivity index (χ1v) is 4.99. The Morgan fingerprint density at radius 1 is 1.25 bits per heavy atom. The summed E-state index contributed by atoms with van der Waals surface area (Å²) < 4.78 is 0. The lowest BCUT2D eigenvalue weighted by molar-refractivity contribution is -0.124. The lowest BCUT2D eigenvalue weighted by Gasteiger charge is -2.17. The molecule has 2 saturated carbocycles. The molecule has 1 heteroatoms. The van der Waals surface area contributed by atoms with E-state index in [9.17, 15) is 4.79 Å². The molecule has 5 atom stereocenters.